The molecule has 0 saturated carbocycles. The van der Waals surface area contributed by atoms with Gasteiger partial charge in [-0.1, -0.05) is 105 Å². The molecule has 1 heteroatoms. The van der Waals surface area contributed by atoms with Crippen LogP contribution < -0.4 is 0 Å². The van der Waals surface area contributed by atoms with Gasteiger partial charge in [0, 0.05) is 25.7 Å². The minimum atomic E-state index is 0.464. The highest BCUT2D eigenvalue weighted by molar-refractivity contribution is 7.26. The summed E-state index contributed by atoms with van der Waals surface area (Å²) >= 11 is 1.94. The molecule has 2 aliphatic rings. The Bertz CT molecular complexity index is 1950. The zero-order chi connectivity index (χ0) is 26.1. The minimum absolute atomic E-state index is 0.464. The molecule has 0 aliphatic heterocycles. The van der Waals surface area contributed by atoms with Gasteiger partial charge >= 0.3 is 0 Å². The molecule has 0 amide bonds. The third kappa shape index (κ3) is 3.49. The van der Waals surface area contributed by atoms with E-state index >= 15 is 0 Å². The lowest BCUT2D eigenvalue weighted by molar-refractivity contribution is 0.590. The molecular formula is C38H32S. The predicted octanol–water partition coefficient (Wildman–Crippen LogP) is 11.5. The molecule has 2 unspecified atom stereocenters. The van der Waals surface area contributed by atoms with Gasteiger partial charge in [0.2, 0.25) is 0 Å². The first kappa shape index (κ1) is 23.2. The van der Waals surface area contributed by atoms with Crippen LogP contribution in [0.2, 0.25) is 0 Å². The number of fused-ring (bicyclic) bond motifs is 6. The lowest BCUT2D eigenvalue weighted by atomic mass is 9.75. The molecule has 0 bridgehead atoms. The van der Waals surface area contributed by atoms with Crippen molar-refractivity contribution >= 4 is 48.4 Å². The monoisotopic (exact) mass is 520 g/mol. The maximum atomic E-state index is 2.52. The third-order valence-corrected chi connectivity index (χ3v) is 10.5. The van der Waals surface area contributed by atoms with Crippen LogP contribution in [-0.2, 0) is 6.42 Å². The molecule has 8 rings (SSSR count). The van der Waals surface area contributed by atoms with Gasteiger partial charge in [-0.25, -0.2) is 0 Å². The average molecular weight is 521 g/mol. The molecule has 2 atom stereocenters. The first-order chi connectivity index (χ1) is 19.2. The highest BCUT2D eigenvalue weighted by Gasteiger charge is 2.27. The summed E-state index contributed by atoms with van der Waals surface area (Å²) in [5.74, 6) is 1.13. The highest BCUT2D eigenvalue weighted by Crippen LogP contribution is 2.51. The van der Waals surface area contributed by atoms with Crippen molar-refractivity contribution in [1.82, 2.24) is 0 Å². The van der Waals surface area contributed by atoms with Gasteiger partial charge in [-0.3, -0.25) is 0 Å². The largest absolute Gasteiger partial charge is 0.135 e. The summed E-state index contributed by atoms with van der Waals surface area (Å²) < 4.78 is 2.77. The summed E-state index contributed by atoms with van der Waals surface area (Å²) in [5.41, 5.74) is 11.7. The van der Waals surface area contributed by atoms with Gasteiger partial charge in [0.05, 0.1) is 0 Å². The maximum absolute atomic E-state index is 2.52. The summed E-state index contributed by atoms with van der Waals surface area (Å²) in [5, 5.41) is 5.49. The third-order valence-electron chi connectivity index (χ3n) is 9.28. The number of thiophene rings is 1. The second-order valence-corrected chi connectivity index (χ2v) is 12.7. The molecule has 0 radical (unpaired) electrons. The standard InChI is InChI=1S/C38H32S/c1-23-10-7-12-25-22-26(20-21-27(23)25)36-29-14-3-4-15-30(29)37(35-24(2)11-8-17-32(35)36)33-18-9-16-31-28-13-5-6-19-34(28)39-38(31)33/h3-6,8-9,13-24H,7,10-12H2,1-2H3. The van der Waals surface area contributed by atoms with Crippen molar-refractivity contribution < 1.29 is 0 Å². The molecule has 2 aliphatic carbocycles. The summed E-state index contributed by atoms with van der Waals surface area (Å²) in [6.45, 7) is 4.81. The Labute approximate surface area is 234 Å². The van der Waals surface area contributed by atoms with E-state index in [-0.39, 0.29) is 0 Å². The van der Waals surface area contributed by atoms with Crippen LogP contribution in [0.3, 0.4) is 0 Å². The molecule has 190 valence electrons. The second kappa shape index (κ2) is 8.93. The Balaban J connectivity index is 1.48. The second-order valence-electron chi connectivity index (χ2n) is 11.6. The van der Waals surface area contributed by atoms with Crippen LogP contribution in [0, 0.1) is 0 Å². The fraction of sp³-hybridized carbons (Fsp3) is 0.211. The lowest BCUT2D eigenvalue weighted by Gasteiger charge is -2.28. The van der Waals surface area contributed by atoms with Crippen molar-refractivity contribution in [1.29, 1.82) is 0 Å². The quantitative estimate of drug-likeness (QED) is 0.213. The molecule has 1 aromatic heterocycles. The van der Waals surface area contributed by atoms with E-state index in [9.17, 15) is 0 Å². The molecule has 6 aromatic rings. The lowest BCUT2D eigenvalue weighted by Crippen LogP contribution is -2.08. The van der Waals surface area contributed by atoms with Crippen molar-refractivity contribution in [2.24, 2.45) is 0 Å². The number of hydrogen-bond donors (Lipinski definition) is 0. The van der Waals surface area contributed by atoms with E-state index in [1.807, 2.05) is 11.3 Å². The average Bonchev–Trinajstić information content (AvgIpc) is 3.35. The Kier molecular flexibility index (Phi) is 5.32. The molecule has 39 heavy (non-hydrogen) atoms. The van der Waals surface area contributed by atoms with Crippen LogP contribution >= 0.6 is 11.3 Å². The van der Waals surface area contributed by atoms with Gasteiger partial charge in [0.15, 0.2) is 0 Å². The molecule has 1 heterocycles. The van der Waals surface area contributed by atoms with Crippen LogP contribution in [0.5, 0.6) is 0 Å². The molecule has 0 spiro atoms. The van der Waals surface area contributed by atoms with E-state index in [0.717, 1.165) is 6.42 Å². The van der Waals surface area contributed by atoms with Gasteiger partial charge in [0.1, 0.15) is 0 Å². The van der Waals surface area contributed by atoms with Gasteiger partial charge in [-0.2, -0.15) is 0 Å². The number of hydrogen-bond acceptors (Lipinski definition) is 1. The topological polar surface area (TPSA) is 0 Å². The van der Waals surface area contributed by atoms with Crippen molar-refractivity contribution in [3.8, 4) is 22.3 Å². The van der Waals surface area contributed by atoms with E-state index < -0.39 is 0 Å². The number of rotatable bonds is 2. The number of aryl methyl sites for hydroxylation is 1. The molecule has 5 aromatic carbocycles. The van der Waals surface area contributed by atoms with Gasteiger partial charge < -0.3 is 0 Å². The first-order valence-corrected chi connectivity index (χ1v) is 15.3. The van der Waals surface area contributed by atoms with E-state index in [1.165, 1.54) is 83.6 Å². The summed E-state index contributed by atoms with van der Waals surface area (Å²) in [6.07, 6.45) is 9.71. The smallest absolute Gasteiger partial charge is 0.0434 e. The van der Waals surface area contributed by atoms with E-state index in [1.54, 1.807) is 11.1 Å². The highest BCUT2D eigenvalue weighted by atomic mass is 32.1. The normalized spacial score (nSPS) is 18.5. The number of allylic oxidation sites excluding steroid dienone is 1. The van der Waals surface area contributed by atoms with E-state index in [0.29, 0.717) is 11.8 Å². The Hall–Kier alpha value is -3.68. The van der Waals surface area contributed by atoms with Crippen LogP contribution in [0.15, 0.2) is 91.0 Å². The van der Waals surface area contributed by atoms with Crippen molar-refractivity contribution in [3.63, 3.8) is 0 Å². The van der Waals surface area contributed by atoms with E-state index in [2.05, 4.69) is 111 Å². The molecular weight excluding hydrogens is 488 g/mol. The predicted molar refractivity (Wildman–Crippen MR) is 171 cm³/mol. The molecule has 0 N–H and O–H groups in total. The van der Waals surface area contributed by atoms with Gasteiger partial charge in [-0.15, -0.1) is 11.3 Å². The van der Waals surface area contributed by atoms with Crippen molar-refractivity contribution in [3.05, 3.63) is 113 Å². The van der Waals surface area contributed by atoms with Crippen LogP contribution in [0.25, 0.3) is 59.3 Å². The fourth-order valence-corrected chi connectivity index (χ4v) is 8.65. The number of benzene rings is 5. The van der Waals surface area contributed by atoms with Crippen molar-refractivity contribution in [2.75, 3.05) is 0 Å². The maximum Gasteiger partial charge on any atom is 0.0434 e. The fourth-order valence-electron chi connectivity index (χ4n) is 7.43. The summed E-state index contributed by atoms with van der Waals surface area (Å²) in [7, 11) is 0. The molecule has 0 saturated heterocycles. The van der Waals surface area contributed by atoms with Crippen LogP contribution in [0.4, 0.5) is 0 Å². The van der Waals surface area contributed by atoms with Crippen LogP contribution in [-0.4, -0.2) is 0 Å². The molecule has 0 nitrogen and oxygen atoms in total. The SMILES string of the molecule is CC1CCCc2cc(-c3c4c(c(-c5cccc6c5sc5ccccc56)c5ccccc35)C(C)CC=C4)ccc21. The summed E-state index contributed by atoms with van der Waals surface area (Å²) in [6, 6.07) is 32.3. The molecule has 0 fully saturated rings. The Morgan fingerprint density at radius 2 is 1.49 bits per heavy atom. The zero-order valence-corrected chi connectivity index (χ0v) is 23.4. The summed E-state index contributed by atoms with van der Waals surface area (Å²) in [4.78, 5) is 0. The van der Waals surface area contributed by atoms with Gasteiger partial charge in [-0.05, 0) is 93.3 Å². The van der Waals surface area contributed by atoms with Crippen LogP contribution in [0.1, 0.15) is 67.2 Å². The zero-order valence-electron chi connectivity index (χ0n) is 22.6. The van der Waals surface area contributed by atoms with E-state index in [4.69, 9.17) is 0 Å². The Morgan fingerprint density at radius 3 is 2.36 bits per heavy atom. The minimum Gasteiger partial charge on any atom is -0.135 e. The first-order valence-electron chi connectivity index (χ1n) is 14.5. The van der Waals surface area contributed by atoms with Crippen molar-refractivity contribution in [2.45, 2.75) is 51.4 Å². The Morgan fingerprint density at radius 1 is 0.718 bits per heavy atom. The van der Waals surface area contributed by atoms with Gasteiger partial charge in [0.25, 0.3) is 0 Å².